The second-order valence-corrected chi connectivity index (χ2v) is 6.52. The highest BCUT2D eigenvalue weighted by Crippen LogP contribution is 2.54. The summed E-state index contributed by atoms with van der Waals surface area (Å²) in [6.07, 6.45) is 7.99. The summed E-state index contributed by atoms with van der Waals surface area (Å²) in [6, 6.07) is 8.19. The van der Waals surface area contributed by atoms with Gasteiger partial charge >= 0.3 is 0 Å². The minimum Gasteiger partial charge on any atom is -0.269 e. The Balaban J connectivity index is 2.11. The molecule has 3 rings (SSSR count). The third kappa shape index (κ3) is 2.20. The van der Waals surface area contributed by atoms with Crippen molar-refractivity contribution < 1.29 is 9.59 Å². The van der Waals surface area contributed by atoms with Crippen LogP contribution in [0.5, 0.6) is 0 Å². The number of carbonyl (C=O) groups excluding carboxylic acids is 2. The molecular weight excluding hydrogens is 274 g/mol. The van der Waals surface area contributed by atoms with E-state index >= 15 is 0 Å². The Hall–Kier alpha value is -1.90. The number of imide groups is 1. The van der Waals surface area contributed by atoms with E-state index < -0.39 is 0 Å². The van der Waals surface area contributed by atoms with Gasteiger partial charge in [-0.25, -0.2) is 0 Å². The molecule has 1 aromatic carbocycles. The zero-order chi connectivity index (χ0) is 15.7. The van der Waals surface area contributed by atoms with Gasteiger partial charge < -0.3 is 0 Å². The molecule has 22 heavy (non-hydrogen) atoms. The van der Waals surface area contributed by atoms with Crippen LogP contribution in [0.3, 0.4) is 0 Å². The van der Waals surface area contributed by atoms with E-state index in [1.807, 2.05) is 6.07 Å². The minimum absolute atomic E-state index is 0.00940. The van der Waals surface area contributed by atoms with E-state index in [1.54, 1.807) is 0 Å². The first-order valence-corrected chi connectivity index (χ1v) is 8.26. The molecule has 1 aliphatic carbocycles. The zero-order valence-corrected chi connectivity index (χ0v) is 13.3. The van der Waals surface area contributed by atoms with Gasteiger partial charge in [-0.2, -0.15) is 0 Å². The van der Waals surface area contributed by atoms with Crippen LogP contribution in [-0.2, 0) is 16.0 Å². The molecule has 1 aliphatic heterocycles. The number of hydrogen-bond donors (Lipinski definition) is 0. The maximum absolute atomic E-state index is 12.3. The molecule has 0 unspecified atom stereocenters. The summed E-state index contributed by atoms with van der Waals surface area (Å²) in [5.41, 5.74) is 2.45. The van der Waals surface area contributed by atoms with Crippen molar-refractivity contribution in [1.29, 1.82) is 0 Å². The molecule has 3 heteroatoms. The van der Waals surface area contributed by atoms with Crippen molar-refractivity contribution in [2.75, 3.05) is 0 Å². The number of carbonyl (C=O) groups is 2. The van der Waals surface area contributed by atoms with Crippen molar-refractivity contribution in [1.82, 2.24) is 4.90 Å². The first kappa shape index (κ1) is 15.0. The van der Waals surface area contributed by atoms with Gasteiger partial charge in [-0.3, -0.25) is 14.5 Å². The second-order valence-electron chi connectivity index (χ2n) is 6.52. The summed E-state index contributed by atoms with van der Waals surface area (Å²) in [4.78, 5) is 26.1. The standard InChI is InChI=1S/C19H23NO2/c1-3-11-19(12-4-2)13-14-7-5-6-8-15(14)18(19)20-16(21)9-10-17(20)22/h5-10,18H,3-4,11-13H2,1-2H3/t18-/m1/s1. The summed E-state index contributed by atoms with van der Waals surface area (Å²) in [5, 5.41) is 0. The van der Waals surface area contributed by atoms with Crippen LogP contribution in [0.15, 0.2) is 36.4 Å². The quantitative estimate of drug-likeness (QED) is 0.775. The summed E-state index contributed by atoms with van der Waals surface area (Å²) in [7, 11) is 0. The molecule has 0 spiro atoms. The summed E-state index contributed by atoms with van der Waals surface area (Å²) < 4.78 is 0. The summed E-state index contributed by atoms with van der Waals surface area (Å²) in [6.45, 7) is 4.37. The van der Waals surface area contributed by atoms with Gasteiger partial charge in [0.1, 0.15) is 0 Å². The Morgan fingerprint density at radius 2 is 1.64 bits per heavy atom. The van der Waals surface area contributed by atoms with Crippen LogP contribution in [0.4, 0.5) is 0 Å². The van der Waals surface area contributed by atoms with Crippen LogP contribution in [-0.4, -0.2) is 16.7 Å². The number of fused-ring (bicyclic) bond motifs is 1. The number of nitrogens with zero attached hydrogens (tertiary/aromatic N) is 1. The van der Waals surface area contributed by atoms with Gasteiger partial charge in [-0.05, 0) is 35.8 Å². The highest BCUT2D eigenvalue weighted by molar-refractivity contribution is 6.13. The molecular formula is C19H23NO2. The molecule has 0 fully saturated rings. The van der Waals surface area contributed by atoms with E-state index in [9.17, 15) is 9.59 Å². The molecule has 2 aliphatic rings. The molecule has 0 aromatic heterocycles. The third-order valence-corrected chi connectivity index (χ3v) is 5.07. The fourth-order valence-corrected chi connectivity index (χ4v) is 4.42. The van der Waals surface area contributed by atoms with Crippen molar-refractivity contribution in [3.05, 3.63) is 47.5 Å². The van der Waals surface area contributed by atoms with E-state index in [0.29, 0.717) is 0 Å². The van der Waals surface area contributed by atoms with Crippen LogP contribution < -0.4 is 0 Å². The Bertz CT molecular complexity index is 608. The van der Waals surface area contributed by atoms with Crippen molar-refractivity contribution >= 4 is 11.8 Å². The molecule has 0 saturated heterocycles. The topological polar surface area (TPSA) is 37.4 Å². The van der Waals surface area contributed by atoms with Gasteiger partial charge in [-0.15, -0.1) is 0 Å². The Kier molecular flexibility index (Phi) is 3.90. The molecule has 1 aromatic rings. The zero-order valence-electron chi connectivity index (χ0n) is 13.3. The highest BCUT2D eigenvalue weighted by Gasteiger charge is 2.50. The van der Waals surface area contributed by atoms with Crippen molar-refractivity contribution in [3.8, 4) is 0 Å². The van der Waals surface area contributed by atoms with Gasteiger partial charge in [0.15, 0.2) is 0 Å². The Labute approximate surface area is 132 Å². The fourth-order valence-electron chi connectivity index (χ4n) is 4.42. The van der Waals surface area contributed by atoms with Gasteiger partial charge in [0.2, 0.25) is 0 Å². The highest BCUT2D eigenvalue weighted by atomic mass is 16.2. The van der Waals surface area contributed by atoms with E-state index in [4.69, 9.17) is 0 Å². The lowest BCUT2D eigenvalue weighted by Gasteiger charge is -2.40. The first-order chi connectivity index (χ1) is 10.6. The molecule has 0 bridgehead atoms. The average molecular weight is 297 g/mol. The largest absolute Gasteiger partial charge is 0.269 e. The molecule has 3 nitrogen and oxygen atoms in total. The lowest BCUT2D eigenvalue weighted by molar-refractivity contribution is -0.143. The van der Waals surface area contributed by atoms with Crippen LogP contribution in [0.2, 0.25) is 0 Å². The molecule has 0 saturated carbocycles. The van der Waals surface area contributed by atoms with Crippen molar-refractivity contribution in [3.63, 3.8) is 0 Å². The number of hydrogen-bond acceptors (Lipinski definition) is 2. The van der Waals surface area contributed by atoms with Crippen LogP contribution in [0.1, 0.15) is 56.7 Å². The lowest BCUT2D eigenvalue weighted by atomic mass is 9.73. The van der Waals surface area contributed by atoms with Gasteiger partial charge in [0.05, 0.1) is 6.04 Å². The predicted molar refractivity (Wildman–Crippen MR) is 86.1 cm³/mol. The Morgan fingerprint density at radius 1 is 1.05 bits per heavy atom. The van der Waals surface area contributed by atoms with Gasteiger partial charge in [-0.1, -0.05) is 51.0 Å². The Morgan fingerprint density at radius 3 is 2.23 bits per heavy atom. The number of benzene rings is 1. The molecule has 1 heterocycles. The third-order valence-electron chi connectivity index (χ3n) is 5.07. The first-order valence-electron chi connectivity index (χ1n) is 8.26. The van der Waals surface area contributed by atoms with Crippen LogP contribution in [0.25, 0.3) is 0 Å². The van der Waals surface area contributed by atoms with E-state index in [-0.39, 0.29) is 23.3 Å². The lowest BCUT2D eigenvalue weighted by Crippen LogP contribution is -2.42. The molecule has 0 radical (unpaired) electrons. The monoisotopic (exact) mass is 297 g/mol. The van der Waals surface area contributed by atoms with Crippen LogP contribution >= 0.6 is 0 Å². The fraction of sp³-hybridized carbons (Fsp3) is 0.474. The van der Waals surface area contributed by atoms with Gasteiger partial charge in [0, 0.05) is 12.2 Å². The minimum atomic E-state index is -0.164. The molecule has 2 amide bonds. The van der Waals surface area contributed by atoms with Crippen molar-refractivity contribution in [2.45, 2.75) is 52.0 Å². The normalized spacial score (nSPS) is 22.5. The molecule has 1 atom stereocenters. The maximum atomic E-state index is 12.3. The maximum Gasteiger partial charge on any atom is 0.254 e. The van der Waals surface area contributed by atoms with E-state index in [2.05, 4.69) is 32.0 Å². The smallest absolute Gasteiger partial charge is 0.254 e. The SMILES string of the molecule is CCCC1(CCC)Cc2ccccc2[C@H]1N1C(=O)C=CC1=O. The predicted octanol–water partition coefficient (Wildman–Crippen LogP) is 3.80. The molecule has 0 N–H and O–H groups in total. The molecule has 116 valence electrons. The average Bonchev–Trinajstić information content (AvgIpc) is 2.97. The van der Waals surface area contributed by atoms with Gasteiger partial charge in [0.25, 0.3) is 11.8 Å². The van der Waals surface area contributed by atoms with E-state index in [1.165, 1.54) is 22.6 Å². The summed E-state index contributed by atoms with van der Waals surface area (Å²) >= 11 is 0. The second kappa shape index (κ2) is 5.71. The van der Waals surface area contributed by atoms with E-state index in [0.717, 1.165) is 37.7 Å². The van der Waals surface area contributed by atoms with Crippen molar-refractivity contribution in [2.24, 2.45) is 5.41 Å². The van der Waals surface area contributed by atoms with Crippen LogP contribution in [0, 0.1) is 5.41 Å². The summed E-state index contributed by atoms with van der Waals surface area (Å²) in [5.74, 6) is -0.327. The number of amides is 2. The number of rotatable bonds is 5.